The van der Waals surface area contributed by atoms with Crippen LogP contribution in [-0.2, 0) is 0 Å². The van der Waals surface area contributed by atoms with Crippen LogP contribution in [0.4, 0.5) is 0 Å². The molecule has 14 heavy (non-hydrogen) atoms. The first kappa shape index (κ1) is 13.9. The van der Waals surface area contributed by atoms with E-state index in [4.69, 9.17) is 0 Å². The maximum absolute atomic E-state index is 3.36. The average Bonchev–Trinajstić information content (AvgIpc) is 2.15. The molecule has 0 aliphatic heterocycles. The third-order valence-electron chi connectivity index (χ3n) is 2.40. The second-order valence-electron chi connectivity index (χ2n) is 4.35. The van der Waals surface area contributed by atoms with E-state index in [-0.39, 0.29) is 0 Å². The van der Waals surface area contributed by atoms with Crippen LogP contribution in [0.25, 0.3) is 0 Å². The van der Waals surface area contributed by atoms with E-state index < -0.39 is 0 Å². The van der Waals surface area contributed by atoms with Gasteiger partial charge in [-0.15, -0.1) is 0 Å². The van der Waals surface area contributed by atoms with Gasteiger partial charge in [0, 0.05) is 6.54 Å². The molecule has 0 aromatic carbocycles. The first-order valence-electron chi connectivity index (χ1n) is 6.13. The molecule has 0 aliphatic rings. The molecule has 0 saturated heterocycles. The highest BCUT2D eigenvalue weighted by Crippen LogP contribution is 2.00. The lowest BCUT2D eigenvalue weighted by atomic mass is 10.2. The summed E-state index contributed by atoms with van der Waals surface area (Å²) in [6.07, 6.45) is 2.63. The van der Waals surface area contributed by atoms with Gasteiger partial charge in [0.05, 0.1) is 0 Å². The van der Waals surface area contributed by atoms with Gasteiger partial charge in [-0.2, -0.15) is 0 Å². The number of unbranched alkanes of at least 4 members (excludes halogenated alkanes) is 1. The summed E-state index contributed by atoms with van der Waals surface area (Å²) in [5, 5.41) is 3.36. The molecule has 0 saturated carbocycles. The monoisotopic (exact) mass is 200 g/mol. The van der Waals surface area contributed by atoms with Crippen LogP contribution < -0.4 is 5.32 Å². The summed E-state index contributed by atoms with van der Waals surface area (Å²) in [7, 11) is 0. The summed E-state index contributed by atoms with van der Waals surface area (Å²) in [5.41, 5.74) is 0. The van der Waals surface area contributed by atoms with E-state index in [9.17, 15) is 0 Å². The molecule has 0 unspecified atom stereocenters. The Bertz CT molecular complexity index is 113. The molecule has 0 spiro atoms. The second kappa shape index (κ2) is 9.47. The van der Waals surface area contributed by atoms with Crippen LogP contribution in [0.5, 0.6) is 0 Å². The summed E-state index contributed by atoms with van der Waals surface area (Å²) in [4.78, 5) is 2.55. The van der Waals surface area contributed by atoms with Crippen molar-refractivity contribution in [2.45, 2.75) is 40.5 Å². The molecule has 0 aromatic heterocycles. The van der Waals surface area contributed by atoms with Gasteiger partial charge in [-0.05, 0) is 44.9 Å². The van der Waals surface area contributed by atoms with Gasteiger partial charge in [0.2, 0.25) is 0 Å². The molecule has 0 heterocycles. The van der Waals surface area contributed by atoms with Crippen molar-refractivity contribution in [3.05, 3.63) is 0 Å². The third-order valence-corrected chi connectivity index (χ3v) is 2.40. The van der Waals surface area contributed by atoms with Gasteiger partial charge < -0.3 is 10.2 Å². The van der Waals surface area contributed by atoms with Gasteiger partial charge in [0.15, 0.2) is 0 Å². The van der Waals surface area contributed by atoms with Crippen molar-refractivity contribution in [3.63, 3.8) is 0 Å². The van der Waals surface area contributed by atoms with E-state index in [1.165, 1.54) is 39.0 Å². The highest BCUT2D eigenvalue weighted by molar-refractivity contribution is 4.58. The van der Waals surface area contributed by atoms with Gasteiger partial charge in [-0.1, -0.05) is 27.7 Å². The van der Waals surface area contributed by atoms with Gasteiger partial charge in [-0.3, -0.25) is 0 Å². The Morgan fingerprint density at radius 3 is 2.36 bits per heavy atom. The first-order valence-corrected chi connectivity index (χ1v) is 6.13. The number of rotatable bonds is 9. The summed E-state index contributed by atoms with van der Waals surface area (Å²) >= 11 is 0. The lowest BCUT2D eigenvalue weighted by Crippen LogP contribution is -2.29. The Hall–Kier alpha value is -0.0800. The maximum atomic E-state index is 3.36. The molecule has 0 atom stereocenters. The Morgan fingerprint density at radius 1 is 1.14 bits per heavy atom. The Labute approximate surface area is 90.1 Å². The molecule has 1 N–H and O–H groups in total. The molecule has 86 valence electrons. The summed E-state index contributed by atoms with van der Waals surface area (Å²) in [6, 6.07) is 0. The zero-order valence-corrected chi connectivity index (χ0v) is 10.5. The SMILES string of the molecule is CCNCCCCN(CC)CC(C)C. The highest BCUT2D eigenvalue weighted by atomic mass is 15.1. The Morgan fingerprint density at radius 2 is 1.86 bits per heavy atom. The fourth-order valence-corrected chi connectivity index (χ4v) is 1.66. The minimum Gasteiger partial charge on any atom is -0.317 e. The van der Waals surface area contributed by atoms with Gasteiger partial charge in [0.1, 0.15) is 0 Å². The van der Waals surface area contributed by atoms with Crippen molar-refractivity contribution in [2.75, 3.05) is 32.7 Å². The van der Waals surface area contributed by atoms with E-state index in [1.54, 1.807) is 0 Å². The maximum Gasteiger partial charge on any atom is 0.000427 e. The van der Waals surface area contributed by atoms with E-state index in [2.05, 4.69) is 37.9 Å². The lowest BCUT2D eigenvalue weighted by molar-refractivity contribution is 0.251. The van der Waals surface area contributed by atoms with Crippen molar-refractivity contribution in [3.8, 4) is 0 Å². The molecule has 0 aliphatic carbocycles. The molecule has 0 radical (unpaired) electrons. The van der Waals surface area contributed by atoms with Crippen molar-refractivity contribution >= 4 is 0 Å². The van der Waals surface area contributed by atoms with Crippen molar-refractivity contribution in [2.24, 2.45) is 5.92 Å². The van der Waals surface area contributed by atoms with Crippen LogP contribution in [0.15, 0.2) is 0 Å². The number of nitrogens with one attached hydrogen (secondary N) is 1. The molecule has 0 fully saturated rings. The Kier molecular flexibility index (Phi) is 9.42. The van der Waals surface area contributed by atoms with Crippen LogP contribution >= 0.6 is 0 Å². The normalized spacial score (nSPS) is 11.6. The summed E-state index contributed by atoms with van der Waals surface area (Å²) in [5.74, 6) is 0.795. The van der Waals surface area contributed by atoms with Crippen LogP contribution in [-0.4, -0.2) is 37.6 Å². The summed E-state index contributed by atoms with van der Waals surface area (Å²) in [6.45, 7) is 15.0. The molecule has 0 amide bonds. The molecular weight excluding hydrogens is 172 g/mol. The van der Waals surface area contributed by atoms with Crippen LogP contribution in [0, 0.1) is 5.92 Å². The summed E-state index contributed by atoms with van der Waals surface area (Å²) < 4.78 is 0. The molecule has 0 rings (SSSR count). The highest BCUT2D eigenvalue weighted by Gasteiger charge is 2.03. The average molecular weight is 200 g/mol. The standard InChI is InChI=1S/C12H28N2/c1-5-13-9-7-8-10-14(6-2)11-12(3)4/h12-13H,5-11H2,1-4H3. The molecule has 0 aromatic rings. The Balaban J connectivity index is 3.33. The zero-order valence-electron chi connectivity index (χ0n) is 10.5. The largest absolute Gasteiger partial charge is 0.317 e. The predicted octanol–water partition coefficient (Wildman–Crippen LogP) is 2.35. The molecule has 2 heteroatoms. The second-order valence-corrected chi connectivity index (χ2v) is 4.35. The van der Waals surface area contributed by atoms with Gasteiger partial charge >= 0.3 is 0 Å². The molecule has 2 nitrogen and oxygen atoms in total. The van der Waals surface area contributed by atoms with Crippen molar-refractivity contribution in [1.29, 1.82) is 0 Å². The van der Waals surface area contributed by atoms with E-state index >= 15 is 0 Å². The minimum atomic E-state index is 0.795. The fraction of sp³-hybridized carbons (Fsp3) is 1.00. The van der Waals surface area contributed by atoms with Gasteiger partial charge in [0.25, 0.3) is 0 Å². The van der Waals surface area contributed by atoms with Crippen LogP contribution in [0.2, 0.25) is 0 Å². The smallest absolute Gasteiger partial charge is 0.000427 e. The number of hydrogen-bond donors (Lipinski definition) is 1. The number of nitrogens with zero attached hydrogens (tertiary/aromatic N) is 1. The lowest BCUT2D eigenvalue weighted by Gasteiger charge is -2.22. The number of hydrogen-bond acceptors (Lipinski definition) is 2. The quantitative estimate of drug-likeness (QED) is 0.575. The topological polar surface area (TPSA) is 15.3 Å². The molecule has 0 bridgehead atoms. The van der Waals surface area contributed by atoms with Crippen molar-refractivity contribution < 1.29 is 0 Å². The van der Waals surface area contributed by atoms with Crippen molar-refractivity contribution in [1.82, 2.24) is 10.2 Å². The first-order chi connectivity index (χ1) is 6.70. The third kappa shape index (κ3) is 8.52. The minimum absolute atomic E-state index is 0.795. The van der Waals surface area contributed by atoms with Crippen LogP contribution in [0.3, 0.4) is 0 Å². The van der Waals surface area contributed by atoms with E-state index in [1.807, 2.05) is 0 Å². The van der Waals surface area contributed by atoms with E-state index in [0.717, 1.165) is 12.5 Å². The van der Waals surface area contributed by atoms with E-state index in [0.29, 0.717) is 0 Å². The predicted molar refractivity (Wildman–Crippen MR) is 64.7 cm³/mol. The van der Waals surface area contributed by atoms with Gasteiger partial charge in [-0.25, -0.2) is 0 Å². The van der Waals surface area contributed by atoms with Crippen LogP contribution in [0.1, 0.15) is 40.5 Å². The zero-order chi connectivity index (χ0) is 10.8. The molecular formula is C12H28N2. The fourth-order valence-electron chi connectivity index (χ4n) is 1.66.